The van der Waals surface area contributed by atoms with Crippen molar-refractivity contribution in [1.82, 2.24) is 5.32 Å². The van der Waals surface area contributed by atoms with Crippen molar-refractivity contribution in [2.75, 3.05) is 13.2 Å². The van der Waals surface area contributed by atoms with E-state index in [1.54, 1.807) is 12.2 Å². The second-order valence-electron chi connectivity index (χ2n) is 2.88. The van der Waals surface area contributed by atoms with Gasteiger partial charge in [0.2, 0.25) is 0 Å². The molecule has 0 saturated carbocycles. The highest BCUT2D eigenvalue weighted by atomic mass is 16.8. The molecule has 2 N–H and O–H groups in total. The number of nitrogens with zero attached hydrogens (tertiary/aromatic N) is 1. The first-order valence-electron chi connectivity index (χ1n) is 4.06. The van der Waals surface area contributed by atoms with Gasteiger partial charge < -0.3 is 15.3 Å². The molecule has 0 aromatic carbocycles. The van der Waals surface area contributed by atoms with Crippen LogP contribution in [0.15, 0.2) is 24.0 Å². The molecular formula is C8H10N2O3. The molecular weight excluding hydrogens is 172 g/mol. The summed E-state index contributed by atoms with van der Waals surface area (Å²) < 4.78 is 5.31. The average molecular weight is 182 g/mol. The number of fused-ring (bicyclic) bond motifs is 1. The zero-order valence-electron chi connectivity index (χ0n) is 6.93. The molecule has 0 aromatic heterocycles. The second-order valence-corrected chi connectivity index (χ2v) is 2.88. The first kappa shape index (κ1) is 8.12. The molecule has 0 aromatic rings. The molecule has 5 heteroatoms. The van der Waals surface area contributed by atoms with Crippen LogP contribution in [0.4, 0.5) is 0 Å². The standard InChI is InChI=1S/C8H10N2O3/c11-10(12)6-1-2-7-8(5-6)13-4-3-9-7/h1-2,5,7,9H,3-4H2,(H,11,12). The van der Waals surface area contributed by atoms with Crippen LogP contribution in [0.25, 0.3) is 0 Å². The molecule has 1 heterocycles. The Balaban J connectivity index is 2.26. The van der Waals surface area contributed by atoms with Crippen LogP contribution in [0.1, 0.15) is 0 Å². The maximum atomic E-state index is 10.5. The van der Waals surface area contributed by atoms with Crippen molar-refractivity contribution in [3.05, 3.63) is 29.2 Å². The molecule has 1 saturated heterocycles. The molecule has 0 radical (unpaired) electrons. The van der Waals surface area contributed by atoms with Gasteiger partial charge >= 0.3 is 0 Å². The fraction of sp³-hybridized carbons (Fsp3) is 0.375. The van der Waals surface area contributed by atoms with E-state index in [2.05, 4.69) is 5.32 Å². The predicted octanol–water partition coefficient (Wildman–Crippen LogP) is -0.231. The van der Waals surface area contributed by atoms with E-state index in [4.69, 9.17) is 9.94 Å². The molecule has 13 heavy (non-hydrogen) atoms. The Kier molecular flexibility index (Phi) is 1.94. The molecule has 0 bridgehead atoms. The molecule has 1 atom stereocenters. The summed E-state index contributed by atoms with van der Waals surface area (Å²) >= 11 is 0. The normalized spacial score (nSPS) is 30.2. The molecule has 1 unspecified atom stereocenters. The number of hydrogen-bond acceptors (Lipinski definition) is 4. The molecule has 1 aliphatic heterocycles. The molecule has 2 aliphatic rings. The van der Waals surface area contributed by atoms with Gasteiger partial charge in [-0.15, -0.1) is 0 Å². The Morgan fingerprint density at radius 3 is 3.31 bits per heavy atom. The van der Waals surface area contributed by atoms with Crippen molar-refractivity contribution in [2.45, 2.75) is 6.04 Å². The van der Waals surface area contributed by atoms with Gasteiger partial charge in [0.05, 0.1) is 12.1 Å². The second kappa shape index (κ2) is 3.10. The van der Waals surface area contributed by atoms with Crippen molar-refractivity contribution in [3.8, 4) is 0 Å². The van der Waals surface area contributed by atoms with Gasteiger partial charge in [0.1, 0.15) is 12.4 Å². The quantitative estimate of drug-likeness (QED) is 0.308. The van der Waals surface area contributed by atoms with Crippen LogP contribution in [0.5, 0.6) is 0 Å². The third-order valence-corrected chi connectivity index (χ3v) is 2.01. The Morgan fingerprint density at radius 1 is 1.69 bits per heavy atom. The fourth-order valence-corrected chi connectivity index (χ4v) is 1.38. The summed E-state index contributed by atoms with van der Waals surface area (Å²) in [6, 6.07) is 0.0393. The van der Waals surface area contributed by atoms with E-state index in [-0.39, 0.29) is 16.7 Å². The van der Waals surface area contributed by atoms with Gasteiger partial charge in [0, 0.05) is 17.5 Å². The number of allylic oxidation sites excluding steroid dienone is 2. The molecule has 5 nitrogen and oxygen atoms in total. The van der Waals surface area contributed by atoms with Crippen LogP contribution < -0.4 is 5.32 Å². The van der Waals surface area contributed by atoms with E-state index >= 15 is 0 Å². The summed E-state index contributed by atoms with van der Waals surface area (Å²) in [6.45, 7) is 1.38. The zero-order chi connectivity index (χ0) is 9.26. The highest BCUT2D eigenvalue weighted by Crippen LogP contribution is 2.14. The fourth-order valence-electron chi connectivity index (χ4n) is 1.38. The monoisotopic (exact) mass is 182 g/mol. The maximum absolute atomic E-state index is 10.5. The lowest BCUT2D eigenvalue weighted by molar-refractivity contribution is -0.725. The lowest BCUT2D eigenvalue weighted by Crippen LogP contribution is -2.40. The molecule has 0 amide bonds. The van der Waals surface area contributed by atoms with E-state index in [1.165, 1.54) is 6.08 Å². The van der Waals surface area contributed by atoms with Gasteiger partial charge in [-0.1, -0.05) is 6.08 Å². The number of morpholine rings is 1. The van der Waals surface area contributed by atoms with Crippen LogP contribution in [0.3, 0.4) is 0 Å². The van der Waals surface area contributed by atoms with Crippen LogP contribution in [-0.2, 0) is 4.74 Å². The number of hydrogen-bond donors (Lipinski definition) is 2. The van der Waals surface area contributed by atoms with Crippen molar-refractivity contribution < 1.29 is 14.8 Å². The van der Waals surface area contributed by atoms with Crippen LogP contribution >= 0.6 is 0 Å². The minimum absolute atomic E-state index is 0.0393. The summed E-state index contributed by atoms with van der Waals surface area (Å²) in [5.41, 5.74) is 0.190. The van der Waals surface area contributed by atoms with Gasteiger partial charge in [0.25, 0.3) is 5.71 Å². The first-order chi connectivity index (χ1) is 6.27. The third-order valence-electron chi connectivity index (χ3n) is 2.01. The number of ether oxygens (including phenoxy) is 1. The van der Waals surface area contributed by atoms with E-state index in [0.717, 1.165) is 6.54 Å². The van der Waals surface area contributed by atoms with Gasteiger partial charge in [-0.25, -0.2) is 0 Å². The maximum Gasteiger partial charge on any atom is 0.271 e. The minimum atomic E-state index is -0.169. The largest absolute Gasteiger partial charge is 0.494 e. The number of rotatable bonds is 0. The highest BCUT2D eigenvalue weighted by Gasteiger charge is 2.23. The Bertz CT molecular complexity index is 303. The Morgan fingerprint density at radius 2 is 2.54 bits per heavy atom. The van der Waals surface area contributed by atoms with Crippen molar-refractivity contribution in [1.29, 1.82) is 0 Å². The topological polar surface area (TPSA) is 67.6 Å². The molecule has 1 fully saturated rings. The van der Waals surface area contributed by atoms with E-state index in [1.807, 2.05) is 0 Å². The SMILES string of the molecule is [O-][N+](O)=C1C=CC2NCCOC2=C1. The molecule has 1 aliphatic carbocycles. The van der Waals surface area contributed by atoms with Crippen molar-refractivity contribution in [2.24, 2.45) is 0 Å². The van der Waals surface area contributed by atoms with Gasteiger partial charge in [0.15, 0.2) is 0 Å². The lowest BCUT2D eigenvalue weighted by Gasteiger charge is -2.26. The smallest absolute Gasteiger partial charge is 0.271 e. The highest BCUT2D eigenvalue weighted by molar-refractivity contribution is 6.01. The Hall–Kier alpha value is -1.49. The average Bonchev–Trinajstić information content (AvgIpc) is 2.17. The van der Waals surface area contributed by atoms with Gasteiger partial charge in [-0.2, -0.15) is 0 Å². The van der Waals surface area contributed by atoms with Crippen LogP contribution in [0.2, 0.25) is 0 Å². The molecule has 0 spiro atoms. The molecule has 70 valence electrons. The van der Waals surface area contributed by atoms with Crippen LogP contribution in [0, 0.1) is 5.21 Å². The summed E-state index contributed by atoms with van der Waals surface area (Å²) in [7, 11) is 0. The van der Waals surface area contributed by atoms with E-state index < -0.39 is 0 Å². The van der Waals surface area contributed by atoms with Crippen LogP contribution in [-0.4, -0.2) is 35.0 Å². The van der Waals surface area contributed by atoms with E-state index in [0.29, 0.717) is 12.4 Å². The first-order valence-corrected chi connectivity index (χ1v) is 4.06. The van der Waals surface area contributed by atoms with Gasteiger partial charge in [-0.3, -0.25) is 5.21 Å². The summed E-state index contributed by atoms with van der Waals surface area (Å²) in [4.78, 5) is -0.169. The summed E-state index contributed by atoms with van der Waals surface area (Å²) in [6.07, 6.45) is 4.87. The van der Waals surface area contributed by atoms with Crippen molar-refractivity contribution in [3.63, 3.8) is 0 Å². The molecule has 2 rings (SSSR count). The predicted molar refractivity (Wildman–Crippen MR) is 45.4 cm³/mol. The zero-order valence-corrected chi connectivity index (χ0v) is 6.93. The Labute approximate surface area is 75.2 Å². The van der Waals surface area contributed by atoms with Crippen molar-refractivity contribution >= 4 is 5.71 Å². The summed E-state index contributed by atoms with van der Waals surface area (Å²) in [5.74, 6) is 0.679. The summed E-state index contributed by atoms with van der Waals surface area (Å²) in [5, 5.41) is 22.4. The van der Waals surface area contributed by atoms with Gasteiger partial charge in [-0.05, 0) is 0 Å². The third kappa shape index (κ3) is 1.50. The lowest BCUT2D eigenvalue weighted by atomic mass is 10.1. The van der Waals surface area contributed by atoms with E-state index in [9.17, 15) is 5.21 Å². The number of nitrogens with one attached hydrogen (secondary N) is 1. The minimum Gasteiger partial charge on any atom is -0.494 e.